The van der Waals surface area contributed by atoms with Gasteiger partial charge in [0.15, 0.2) is 5.11 Å². The van der Waals surface area contributed by atoms with Crippen LogP contribution in [0, 0.1) is 6.92 Å². The van der Waals surface area contributed by atoms with Crippen molar-refractivity contribution in [1.82, 2.24) is 9.78 Å². The maximum atomic E-state index is 12.2. The molecule has 0 saturated heterocycles. The van der Waals surface area contributed by atoms with Gasteiger partial charge in [0.05, 0.1) is 30.3 Å². The lowest BCUT2D eigenvalue weighted by Crippen LogP contribution is -2.20. The second-order valence-corrected chi connectivity index (χ2v) is 7.27. The molecular weight excluding hydrogens is 344 g/mol. The molecule has 1 aliphatic carbocycles. The minimum atomic E-state index is -0.308. The lowest BCUT2D eigenvalue weighted by Gasteiger charge is -2.12. The topological polar surface area (TPSA) is 68.2 Å². The molecule has 0 atom stereocenters. The number of rotatable bonds is 3. The lowest BCUT2D eigenvalue weighted by molar-refractivity contribution is 0.0601. The molecule has 24 heavy (non-hydrogen) atoms. The number of carbonyl (C=O) groups excluding carboxylic acids is 1. The average molecular weight is 364 g/mol. The maximum absolute atomic E-state index is 12.2. The smallest absolute Gasteiger partial charge is 0.341 e. The van der Waals surface area contributed by atoms with Gasteiger partial charge in [0.25, 0.3) is 0 Å². The van der Waals surface area contributed by atoms with E-state index in [4.69, 9.17) is 17.0 Å². The van der Waals surface area contributed by atoms with Gasteiger partial charge in [-0.15, -0.1) is 11.3 Å². The maximum Gasteiger partial charge on any atom is 0.341 e. The first kappa shape index (κ1) is 16.9. The zero-order valence-corrected chi connectivity index (χ0v) is 15.6. The zero-order valence-electron chi connectivity index (χ0n) is 13.9. The Balaban J connectivity index is 1.84. The Hall–Kier alpha value is -1.93. The van der Waals surface area contributed by atoms with Gasteiger partial charge in [0.1, 0.15) is 5.00 Å². The molecular formula is C16H20N4O2S2. The second-order valence-electron chi connectivity index (χ2n) is 5.75. The molecule has 1 aliphatic rings. The van der Waals surface area contributed by atoms with Crippen molar-refractivity contribution in [3.8, 4) is 0 Å². The molecule has 0 aromatic carbocycles. The summed E-state index contributed by atoms with van der Waals surface area (Å²) in [7, 11) is 3.29. The second kappa shape index (κ2) is 6.90. The molecule has 3 rings (SSSR count). The molecule has 0 amide bonds. The predicted molar refractivity (Wildman–Crippen MR) is 100 cm³/mol. The summed E-state index contributed by atoms with van der Waals surface area (Å²) in [5.74, 6) is -0.308. The summed E-state index contributed by atoms with van der Waals surface area (Å²) in [6.07, 6.45) is 5.91. The minimum absolute atomic E-state index is 0.308. The van der Waals surface area contributed by atoms with E-state index in [1.165, 1.54) is 12.0 Å². The summed E-state index contributed by atoms with van der Waals surface area (Å²) in [5.41, 5.74) is 3.57. The third-order valence-corrected chi connectivity index (χ3v) is 5.68. The number of anilines is 2. The standard InChI is InChI=1S/C16H20N4O2S2/c1-9-11(8-17-20(9)2)18-16(23)19-14-13(15(21)22-3)10-6-4-5-7-12(10)24-14/h8H,4-7H2,1-3H3,(H2,18,19,23). The fourth-order valence-corrected chi connectivity index (χ4v) is 4.41. The van der Waals surface area contributed by atoms with Crippen LogP contribution in [0.2, 0.25) is 0 Å². The van der Waals surface area contributed by atoms with E-state index in [-0.39, 0.29) is 5.97 Å². The van der Waals surface area contributed by atoms with E-state index in [0.717, 1.165) is 47.6 Å². The molecule has 0 radical (unpaired) electrons. The number of hydrogen-bond acceptors (Lipinski definition) is 5. The van der Waals surface area contributed by atoms with Gasteiger partial charge >= 0.3 is 5.97 Å². The summed E-state index contributed by atoms with van der Waals surface area (Å²) >= 11 is 7.00. The van der Waals surface area contributed by atoms with Crippen molar-refractivity contribution in [2.24, 2.45) is 7.05 Å². The number of esters is 1. The van der Waals surface area contributed by atoms with E-state index in [1.54, 1.807) is 22.2 Å². The van der Waals surface area contributed by atoms with Gasteiger partial charge in [-0.25, -0.2) is 4.79 Å². The first-order valence-corrected chi connectivity index (χ1v) is 9.03. The predicted octanol–water partition coefficient (Wildman–Crippen LogP) is 3.26. The van der Waals surface area contributed by atoms with Crippen molar-refractivity contribution in [2.75, 3.05) is 17.7 Å². The van der Waals surface area contributed by atoms with Crippen LogP contribution < -0.4 is 10.6 Å². The van der Waals surface area contributed by atoms with Crippen LogP contribution in [-0.2, 0) is 24.6 Å². The van der Waals surface area contributed by atoms with Gasteiger partial charge in [0, 0.05) is 11.9 Å². The number of carbonyl (C=O) groups is 1. The molecule has 2 aromatic rings. The number of thiophene rings is 1. The fourth-order valence-electron chi connectivity index (χ4n) is 2.85. The molecule has 8 heteroatoms. The van der Waals surface area contributed by atoms with Crippen LogP contribution in [-0.4, -0.2) is 28.0 Å². The lowest BCUT2D eigenvalue weighted by atomic mass is 9.95. The van der Waals surface area contributed by atoms with Crippen molar-refractivity contribution in [2.45, 2.75) is 32.6 Å². The van der Waals surface area contributed by atoms with Crippen LogP contribution in [0.4, 0.5) is 10.7 Å². The van der Waals surface area contributed by atoms with Crippen molar-refractivity contribution < 1.29 is 9.53 Å². The highest BCUT2D eigenvalue weighted by molar-refractivity contribution is 7.80. The molecule has 0 saturated carbocycles. The Kier molecular flexibility index (Phi) is 4.86. The summed E-state index contributed by atoms with van der Waals surface area (Å²) < 4.78 is 6.75. The number of thiocarbonyl (C=S) groups is 1. The Morgan fingerprint density at radius 1 is 1.38 bits per heavy atom. The van der Waals surface area contributed by atoms with Gasteiger partial charge < -0.3 is 15.4 Å². The number of aryl methyl sites for hydroxylation is 2. The minimum Gasteiger partial charge on any atom is -0.465 e. The number of methoxy groups -OCH3 is 1. The molecule has 128 valence electrons. The normalized spacial score (nSPS) is 13.3. The van der Waals surface area contributed by atoms with Gasteiger partial charge in [-0.05, 0) is 50.4 Å². The third-order valence-electron chi connectivity index (χ3n) is 4.27. The van der Waals surface area contributed by atoms with Crippen molar-refractivity contribution >= 4 is 45.3 Å². The molecule has 2 heterocycles. The van der Waals surface area contributed by atoms with Crippen molar-refractivity contribution in [1.29, 1.82) is 0 Å². The van der Waals surface area contributed by atoms with Gasteiger partial charge in [-0.2, -0.15) is 5.10 Å². The van der Waals surface area contributed by atoms with Crippen LogP contribution in [0.5, 0.6) is 0 Å². The Morgan fingerprint density at radius 2 is 2.12 bits per heavy atom. The fraction of sp³-hybridized carbons (Fsp3) is 0.438. The Labute approximate surface area is 150 Å². The quantitative estimate of drug-likeness (QED) is 0.644. The van der Waals surface area contributed by atoms with Crippen LogP contribution >= 0.6 is 23.6 Å². The van der Waals surface area contributed by atoms with E-state index in [1.807, 2.05) is 14.0 Å². The molecule has 2 N–H and O–H groups in total. The molecule has 0 unspecified atom stereocenters. The van der Waals surface area contributed by atoms with Crippen LogP contribution in [0.15, 0.2) is 6.20 Å². The molecule has 0 spiro atoms. The number of aromatic nitrogens is 2. The highest BCUT2D eigenvalue weighted by Crippen LogP contribution is 2.38. The van der Waals surface area contributed by atoms with E-state index >= 15 is 0 Å². The van der Waals surface area contributed by atoms with E-state index in [2.05, 4.69) is 15.7 Å². The van der Waals surface area contributed by atoms with Crippen LogP contribution in [0.1, 0.15) is 39.3 Å². The van der Waals surface area contributed by atoms with E-state index in [0.29, 0.717) is 10.7 Å². The van der Waals surface area contributed by atoms with Gasteiger partial charge in [-0.3, -0.25) is 4.68 Å². The van der Waals surface area contributed by atoms with E-state index < -0.39 is 0 Å². The summed E-state index contributed by atoms with van der Waals surface area (Å²) in [5, 5.41) is 11.7. The third kappa shape index (κ3) is 3.16. The molecule has 0 fully saturated rings. The van der Waals surface area contributed by atoms with Gasteiger partial charge in [0.2, 0.25) is 0 Å². The number of fused-ring (bicyclic) bond motifs is 1. The highest BCUT2D eigenvalue weighted by atomic mass is 32.1. The SMILES string of the molecule is COC(=O)c1c(NC(=S)Nc2cnn(C)c2C)sc2c1CCCC2. The summed E-state index contributed by atoms with van der Waals surface area (Å²) in [6.45, 7) is 1.96. The number of ether oxygens (including phenoxy) is 1. The van der Waals surface area contributed by atoms with Gasteiger partial charge in [-0.1, -0.05) is 0 Å². The van der Waals surface area contributed by atoms with E-state index in [9.17, 15) is 4.79 Å². The van der Waals surface area contributed by atoms with Crippen molar-refractivity contribution in [3.63, 3.8) is 0 Å². The largest absolute Gasteiger partial charge is 0.465 e. The Bertz CT molecular complexity index is 794. The molecule has 2 aromatic heterocycles. The highest BCUT2D eigenvalue weighted by Gasteiger charge is 2.26. The summed E-state index contributed by atoms with van der Waals surface area (Å²) in [6, 6.07) is 0. The monoisotopic (exact) mass is 364 g/mol. The number of nitrogens with zero attached hydrogens (tertiary/aromatic N) is 2. The first-order chi connectivity index (χ1) is 11.5. The number of hydrogen-bond donors (Lipinski definition) is 2. The molecule has 0 bridgehead atoms. The number of nitrogens with one attached hydrogen (secondary N) is 2. The average Bonchev–Trinajstić information content (AvgIpc) is 3.08. The zero-order chi connectivity index (χ0) is 17.3. The van der Waals surface area contributed by atoms with Crippen LogP contribution in [0.3, 0.4) is 0 Å². The first-order valence-electron chi connectivity index (χ1n) is 7.80. The van der Waals surface area contributed by atoms with Crippen molar-refractivity contribution in [3.05, 3.63) is 27.9 Å². The molecule has 0 aliphatic heterocycles. The van der Waals surface area contributed by atoms with Crippen LogP contribution in [0.25, 0.3) is 0 Å². The summed E-state index contributed by atoms with van der Waals surface area (Å²) in [4.78, 5) is 13.5. The Morgan fingerprint density at radius 3 is 2.79 bits per heavy atom. The molecule has 6 nitrogen and oxygen atoms in total.